The van der Waals surface area contributed by atoms with Crippen molar-refractivity contribution in [3.63, 3.8) is 0 Å². The molecular formula is C28H31F2N3O2Si. The van der Waals surface area contributed by atoms with Crippen molar-refractivity contribution in [3.05, 3.63) is 90.3 Å². The third kappa shape index (κ3) is 5.10. The molecule has 188 valence electrons. The summed E-state index contributed by atoms with van der Waals surface area (Å²) in [4.78, 5) is 4.38. The van der Waals surface area contributed by atoms with Gasteiger partial charge in [-0.3, -0.25) is 0 Å². The van der Waals surface area contributed by atoms with Crippen LogP contribution in [0.1, 0.15) is 32.2 Å². The van der Waals surface area contributed by atoms with Crippen molar-refractivity contribution in [2.45, 2.75) is 51.7 Å². The van der Waals surface area contributed by atoms with Crippen LogP contribution in [0.5, 0.6) is 0 Å². The minimum Gasteiger partial charge on any atom is -0.398 e. The number of aryl methyl sites for hydroxylation is 1. The van der Waals surface area contributed by atoms with Gasteiger partial charge in [0.25, 0.3) is 14.7 Å². The quantitative estimate of drug-likeness (QED) is 0.256. The molecule has 0 amide bonds. The standard InChI is InChI=1S/C28H31F2N3O2Si/c1-19-15-16-20(17-23(19)31)27-32-25(34-33-27)18-24(26(29)30)35-36(28(2,3)4,21-11-7-5-8-12-21)22-13-9-6-10-14-22/h5-17,24,26H,18,31H2,1-4H3/t24-/m0/s1. The molecule has 8 heteroatoms. The molecule has 0 aliphatic rings. The Kier molecular flexibility index (Phi) is 7.37. The summed E-state index contributed by atoms with van der Waals surface area (Å²) in [6.45, 7) is 8.05. The molecule has 4 aromatic rings. The number of nitrogen functional groups attached to an aromatic ring is 1. The zero-order valence-electron chi connectivity index (χ0n) is 20.9. The van der Waals surface area contributed by atoms with E-state index in [1.54, 1.807) is 6.07 Å². The van der Waals surface area contributed by atoms with Crippen LogP contribution in [-0.4, -0.2) is 31.0 Å². The number of benzene rings is 3. The van der Waals surface area contributed by atoms with Crippen molar-refractivity contribution in [2.24, 2.45) is 0 Å². The molecule has 1 atom stereocenters. The zero-order valence-corrected chi connectivity index (χ0v) is 21.9. The maximum absolute atomic E-state index is 14.6. The number of hydrogen-bond acceptors (Lipinski definition) is 5. The Morgan fingerprint density at radius 2 is 1.53 bits per heavy atom. The number of anilines is 1. The van der Waals surface area contributed by atoms with E-state index in [-0.39, 0.29) is 12.3 Å². The van der Waals surface area contributed by atoms with Crippen LogP contribution in [0.4, 0.5) is 14.5 Å². The second-order valence-corrected chi connectivity index (χ2v) is 14.2. The van der Waals surface area contributed by atoms with Crippen molar-refractivity contribution >= 4 is 24.4 Å². The van der Waals surface area contributed by atoms with Gasteiger partial charge < -0.3 is 14.7 Å². The van der Waals surface area contributed by atoms with Crippen LogP contribution in [-0.2, 0) is 10.8 Å². The highest BCUT2D eigenvalue weighted by Crippen LogP contribution is 2.38. The van der Waals surface area contributed by atoms with E-state index in [4.69, 9.17) is 14.7 Å². The molecular weight excluding hydrogens is 476 g/mol. The predicted molar refractivity (Wildman–Crippen MR) is 141 cm³/mol. The number of halogens is 2. The van der Waals surface area contributed by atoms with E-state index in [1.807, 2.05) is 100 Å². The van der Waals surface area contributed by atoms with Gasteiger partial charge in [0.05, 0.1) is 6.42 Å². The molecule has 0 spiro atoms. The third-order valence-corrected chi connectivity index (χ3v) is 11.5. The summed E-state index contributed by atoms with van der Waals surface area (Å²) < 4.78 is 41.1. The van der Waals surface area contributed by atoms with Crippen LogP contribution in [0.25, 0.3) is 11.4 Å². The first-order valence-electron chi connectivity index (χ1n) is 11.9. The molecule has 5 nitrogen and oxygen atoms in total. The molecule has 0 saturated heterocycles. The van der Waals surface area contributed by atoms with Gasteiger partial charge in [-0.1, -0.05) is 98.7 Å². The largest absolute Gasteiger partial charge is 0.398 e. The van der Waals surface area contributed by atoms with Gasteiger partial charge in [0.2, 0.25) is 11.7 Å². The van der Waals surface area contributed by atoms with Gasteiger partial charge in [0.15, 0.2) is 0 Å². The van der Waals surface area contributed by atoms with Crippen LogP contribution in [0, 0.1) is 6.92 Å². The third-order valence-electron chi connectivity index (χ3n) is 6.41. The maximum Gasteiger partial charge on any atom is 0.263 e. The highest BCUT2D eigenvalue weighted by atomic mass is 28.4. The van der Waals surface area contributed by atoms with E-state index in [0.717, 1.165) is 15.9 Å². The van der Waals surface area contributed by atoms with Gasteiger partial charge in [0, 0.05) is 11.3 Å². The summed E-state index contributed by atoms with van der Waals surface area (Å²) in [6.07, 6.45) is -4.40. The van der Waals surface area contributed by atoms with Crippen LogP contribution in [0.2, 0.25) is 5.04 Å². The Morgan fingerprint density at radius 3 is 2.03 bits per heavy atom. The number of rotatable bonds is 8. The monoisotopic (exact) mass is 507 g/mol. The summed E-state index contributed by atoms with van der Waals surface area (Å²) in [7, 11) is -3.19. The average molecular weight is 508 g/mol. The van der Waals surface area contributed by atoms with Gasteiger partial charge in [-0.2, -0.15) is 4.98 Å². The van der Waals surface area contributed by atoms with Crippen molar-refractivity contribution < 1.29 is 17.7 Å². The summed E-state index contributed by atoms with van der Waals surface area (Å²) in [5.41, 5.74) is 8.19. The number of hydrogen-bond donors (Lipinski definition) is 1. The predicted octanol–water partition coefficient (Wildman–Crippen LogP) is 5.38. The van der Waals surface area contributed by atoms with Crippen molar-refractivity contribution in [1.29, 1.82) is 0 Å². The highest BCUT2D eigenvalue weighted by Gasteiger charge is 2.52. The van der Waals surface area contributed by atoms with Crippen molar-refractivity contribution in [3.8, 4) is 11.4 Å². The molecule has 4 rings (SSSR count). The molecule has 3 aromatic carbocycles. The van der Waals surface area contributed by atoms with Crippen LogP contribution >= 0.6 is 0 Å². The minimum absolute atomic E-state index is 0.0902. The van der Waals surface area contributed by atoms with E-state index >= 15 is 0 Å². The molecule has 0 unspecified atom stereocenters. The molecule has 0 aliphatic carbocycles. The number of nitrogens with zero attached hydrogens (tertiary/aromatic N) is 2. The van der Waals surface area contributed by atoms with Gasteiger partial charge in [0.1, 0.15) is 6.10 Å². The van der Waals surface area contributed by atoms with Crippen molar-refractivity contribution in [1.82, 2.24) is 10.1 Å². The van der Waals surface area contributed by atoms with Crippen LogP contribution < -0.4 is 16.1 Å². The summed E-state index contributed by atoms with van der Waals surface area (Å²) in [6, 6.07) is 24.8. The minimum atomic E-state index is -3.19. The molecule has 1 aromatic heterocycles. The summed E-state index contributed by atoms with van der Waals surface area (Å²) >= 11 is 0. The summed E-state index contributed by atoms with van der Waals surface area (Å²) in [5, 5.41) is 5.41. The molecule has 0 radical (unpaired) electrons. The van der Waals surface area contributed by atoms with Gasteiger partial charge in [-0.25, -0.2) is 8.78 Å². The Bertz CT molecular complexity index is 1250. The lowest BCUT2D eigenvalue weighted by atomic mass is 10.1. The SMILES string of the molecule is Cc1ccc(-c2noc(C[C@H](O[Si](c3ccccc3)(c3ccccc3)C(C)(C)C)C(F)F)n2)cc1N. The fourth-order valence-corrected chi connectivity index (χ4v) is 9.16. The molecule has 0 bridgehead atoms. The van der Waals surface area contributed by atoms with E-state index in [2.05, 4.69) is 10.1 Å². The topological polar surface area (TPSA) is 74.2 Å². The first-order valence-corrected chi connectivity index (χ1v) is 13.8. The molecule has 2 N–H and O–H groups in total. The second kappa shape index (κ2) is 10.3. The van der Waals surface area contributed by atoms with Crippen LogP contribution in [0.3, 0.4) is 0 Å². The fraction of sp³-hybridized carbons (Fsp3) is 0.286. The Labute approximate surface area is 211 Å². The first kappa shape index (κ1) is 25.7. The zero-order chi connectivity index (χ0) is 25.9. The smallest absolute Gasteiger partial charge is 0.263 e. The second-order valence-electron chi connectivity index (χ2n) is 9.94. The Hall–Kier alpha value is -3.36. The first-order chi connectivity index (χ1) is 17.1. The molecule has 0 saturated carbocycles. The molecule has 1 heterocycles. The van der Waals surface area contributed by atoms with Crippen molar-refractivity contribution in [2.75, 3.05) is 5.73 Å². The Balaban J connectivity index is 1.72. The normalized spacial score (nSPS) is 13.2. The number of alkyl halides is 2. The maximum atomic E-state index is 14.6. The summed E-state index contributed by atoms with van der Waals surface area (Å²) in [5.74, 6) is 0.391. The lowest BCUT2D eigenvalue weighted by molar-refractivity contribution is 0.00243. The number of nitrogens with two attached hydrogens (primary N) is 1. The fourth-order valence-electron chi connectivity index (χ4n) is 4.51. The van der Waals surface area contributed by atoms with Gasteiger partial charge in [-0.05, 0) is 34.0 Å². The van der Waals surface area contributed by atoms with E-state index in [9.17, 15) is 8.78 Å². The van der Waals surface area contributed by atoms with Gasteiger partial charge >= 0.3 is 0 Å². The van der Waals surface area contributed by atoms with Crippen LogP contribution in [0.15, 0.2) is 83.4 Å². The highest BCUT2D eigenvalue weighted by molar-refractivity contribution is 6.99. The van der Waals surface area contributed by atoms with E-state index in [1.165, 1.54) is 0 Å². The number of aromatic nitrogens is 2. The lowest BCUT2D eigenvalue weighted by Crippen LogP contribution is -2.68. The van der Waals surface area contributed by atoms with E-state index < -0.39 is 25.9 Å². The van der Waals surface area contributed by atoms with Gasteiger partial charge in [-0.15, -0.1) is 0 Å². The Morgan fingerprint density at radius 1 is 0.944 bits per heavy atom. The molecule has 0 fully saturated rings. The van der Waals surface area contributed by atoms with E-state index in [0.29, 0.717) is 17.1 Å². The lowest BCUT2D eigenvalue weighted by Gasteiger charge is -2.44. The molecule has 36 heavy (non-hydrogen) atoms. The molecule has 0 aliphatic heterocycles. The average Bonchev–Trinajstić information content (AvgIpc) is 3.32.